The first kappa shape index (κ1) is 15.5. The molecule has 0 spiro atoms. The number of aliphatic hydroxyl groups excluding tert-OH is 1. The summed E-state index contributed by atoms with van der Waals surface area (Å²) in [5.74, 6) is -0.460. The van der Waals surface area contributed by atoms with Crippen molar-refractivity contribution in [1.29, 1.82) is 0 Å². The van der Waals surface area contributed by atoms with Crippen molar-refractivity contribution in [3.05, 3.63) is 35.9 Å². The number of hydrogen-bond acceptors (Lipinski definition) is 4. The summed E-state index contributed by atoms with van der Waals surface area (Å²) in [4.78, 5) is 25.7. The van der Waals surface area contributed by atoms with E-state index in [2.05, 4.69) is 5.32 Å². The van der Waals surface area contributed by atoms with Crippen LogP contribution in [0.2, 0.25) is 0 Å². The second-order valence-electron chi connectivity index (χ2n) is 4.83. The molecule has 0 saturated carbocycles. The van der Waals surface area contributed by atoms with Crippen molar-refractivity contribution in [2.45, 2.75) is 19.1 Å². The maximum absolute atomic E-state index is 12.5. The first-order chi connectivity index (χ1) is 10.2. The van der Waals surface area contributed by atoms with Crippen LogP contribution in [0.4, 0.5) is 0 Å². The Balaban J connectivity index is 2.22. The van der Waals surface area contributed by atoms with Crippen molar-refractivity contribution in [3.63, 3.8) is 0 Å². The Labute approximate surface area is 123 Å². The predicted octanol–water partition coefficient (Wildman–Crippen LogP) is 0.0835. The molecule has 1 aliphatic rings. The van der Waals surface area contributed by atoms with Gasteiger partial charge in [0.25, 0.3) is 5.91 Å². The van der Waals surface area contributed by atoms with Gasteiger partial charge in [-0.15, -0.1) is 0 Å². The Morgan fingerprint density at radius 2 is 2.14 bits per heavy atom. The molecule has 2 N–H and O–H groups in total. The van der Waals surface area contributed by atoms with Crippen LogP contribution in [0.5, 0.6) is 0 Å². The summed E-state index contributed by atoms with van der Waals surface area (Å²) in [5, 5.41) is 11.8. The molecule has 0 unspecified atom stereocenters. The second-order valence-corrected chi connectivity index (χ2v) is 4.83. The lowest BCUT2D eigenvalue weighted by atomic mass is 9.99. The van der Waals surface area contributed by atoms with Crippen LogP contribution in [-0.2, 0) is 14.3 Å². The summed E-state index contributed by atoms with van der Waals surface area (Å²) in [6, 6.07) is 8.76. The summed E-state index contributed by atoms with van der Waals surface area (Å²) in [5.41, 5.74) is 0.823. The van der Waals surface area contributed by atoms with Gasteiger partial charge < -0.3 is 20.1 Å². The molecule has 1 aromatic rings. The molecule has 1 aliphatic heterocycles. The van der Waals surface area contributed by atoms with E-state index in [1.54, 1.807) is 0 Å². The summed E-state index contributed by atoms with van der Waals surface area (Å²) in [7, 11) is 0. The molecule has 0 bridgehead atoms. The molecule has 2 atom stereocenters. The zero-order valence-corrected chi connectivity index (χ0v) is 12.0. The number of nitrogens with zero attached hydrogens (tertiary/aromatic N) is 1. The number of benzene rings is 1. The van der Waals surface area contributed by atoms with Gasteiger partial charge in [-0.1, -0.05) is 30.3 Å². The fourth-order valence-electron chi connectivity index (χ4n) is 2.41. The maximum Gasteiger partial charge on any atom is 0.254 e. The van der Waals surface area contributed by atoms with Crippen LogP contribution in [-0.4, -0.2) is 54.2 Å². The molecular formula is C15H20N2O4. The van der Waals surface area contributed by atoms with E-state index in [4.69, 9.17) is 9.84 Å². The van der Waals surface area contributed by atoms with Gasteiger partial charge in [0, 0.05) is 13.1 Å². The molecule has 21 heavy (non-hydrogen) atoms. The second kappa shape index (κ2) is 7.19. The highest BCUT2D eigenvalue weighted by Crippen LogP contribution is 2.23. The van der Waals surface area contributed by atoms with Gasteiger partial charge in [0.2, 0.25) is 5.91 Å². The smallest absolute Gasteiger partial charge is 0.254 e. The average molecular weight is 292 g/mol. The number of likely N-dealkylation sites (N-methyl/N-ethyl adjacent to an activating group) is 1. The van der Waals surface area contributed by atoms with Crippen molar-refractivity contribution in [3.8, 4) is 0 Å². The van der Waals surface area contributed by atoms with E-state index in [1.165, 1.54) is 4.90 Å². The monoisotopic (exact) mass is 292 g/mol. The maximum atomic E-state index is 12.5. The van der Waals surface area contributed by atoms with Crippen molar-refractivity contribution in [1.82, 2.24) is 10.2 Å². The summed E-state index contributed by atoms with van der Waals surface area (Å²) in [6.07, 6.45) is -0.767. The third-order valence-electron chi connectivity index (χ3n) is 3.48. The lowest BCUT2D eigenvalue weighted by molar-refractivity contribution is -0.155. The molecule has 6 heteroatoms. The summed E-state index contributed by atoms with van der Waals surface area (Å²) in [6.45, 7) is 2.34. The van der Waals surface area contributed by atoms with Crippen LogP contribution in [0.25, 0.3) is 0 Å². The van der Waals surface area contributed by atoms with Gasteiger partial charge >= 0.3 is 0 Å². The quantitative estimate of drug-likeness (QED) is 0.806. The Morgan fingerprint density at radius 3 is 2.76 bits per heavy atom. The lowest BCUT2D eigenvalue weighted by Gasteiger charge is -2.34. The first-order valence-corrected chi connectivity index (χ1v) is 7.03. The molecule has 0 radical (unpaired) electrons. The minimum absolute atomic E-state index is 0.103. The molecule has 1 aromatic carbocycles. The van der Waals surface area contributed by atoms with Gasteiger partial charge in [-0.3, -0.25) is 9.59 Å². The van der Waals surface area contributed by atoms with Gasteiger partial charge in [0.15, 0.2) is 6.10 Å². The number of aliphatic hydroxyl groups is 1. The third-order valence-corrected chi connectivity index (χ3v) is 3.48. The Kier molecular flexibility index (Phi) is 5.30. The van der Waals surface area contributed by atoms with Crippen molar-refractivity contribution >= 4 is 11.8 Å². The van der Waals surface area contributed by atoms with Crippen molar-refractivity contribution < 1.29 is 19.4 Å². The molecule has 2 amide bonds. The van der Waals surface area contributed by atoms with Crippen LogP contribution in [0.1, 0.15) is 18.5 Å². The van der Waals surface area contributed by atoms with E-state index in [9.17, 15) is 9.59 Å². The van der Waals surface area contributed by atoms with Crippen LogP contribution in [0.3, 0.4) is 0 Å². The van der Waals surface area contributed by atoms with Gasteiger partial charge in [-0.2, -0.15) is 0 Å². The Morgan fingerprint density at radius 1 is 1.43 bits per heavy atom. The number of morpholine rings is 1. The number of ether oxygens (including phenoxy) is 1. The largest absolute Gasteiger partial charge is 0.395 e. The molecule has 1 fully saturated rings. The normalized spacial score (nSPS) is 21.7. The minimum atomic E-state index is -0.767. The van der Waals surface area contributed by atoms with Gasteiger partial charge in [0.1, 0.15) is 6.61 Å². The number of amides is 2. The molecule has 114 valence electrons. The first-order valence-electron chi connectivity index (χ1n) is 7.03. The highest BCUT2D eigenvalue weighted by molar-refractivity contribution is 5.86. The number of nitrogens with one attached hydrogen (secondary N) is 1. The van der Waals surface area contributed by atoms with Crippen LogP contribution in [0.15, 0.2) is 30.3 Å². The molecule has 2 rings (SSSR count). The van der Waals surface area contributed by atoms with E-state index >= 15 is 0 Å². The van der Waals surface area contributed by atoms with E-state index in [0.717, 1.165) is 5.56 Å². The minimum Gasteiger partial charge on any atom is -0.395 e. The Hall–Kier alpha value is -1.92. The molecular weight excluding hydrogens is 272 g/mol. The van der Waals surface area contributed by atoms with Crippen molar-refractivity contribution in [2.24, 2.45) is 0 Å². The average Bonchev–Trinajstić information content (AvgIpc) is 2.52. The number of hydrogen-bond donors (Lipinski definition) is 2. The van der Waals surface area contributed by atoms with E-state index in [0.29, 0.717) is 6.54 Å². The highest BCUT2D eigenvalue weighted by atomic mass is 16.5. The SMILES string of the molecule is CCN(CCO)C(=O)[C@H]1OCC(=O)N[C@@H]1c1ccccc1. The molecule has 0 aromatic heterocycles. The zero-order chi connectivity index (χ0) is 15.2. The topological polar surface area (TPSA) is 78.9 Å². The van der Waals surface area contributed by atoms with E-state index in [1.807, 2.05) is 37.3 Å². The number of carbonyl (C=O) groups is 2. The zero-order valence-electron chi connectivity index (χ0n) is 12.0. The number of rotatable bonds is 5. The van der Waals surface area contributed by atoms with Crippen LogP contribution in [0, 0.1) is 0 Å². The van der Waals surface area contributed by atoms with Crippen LogP contribution >= 0.6 is 0 Å². The lowest BCUT2D eigenvalue weighted by Crippen LogP contribution is -2.53. The van der Waals surface area contributed by atoms with Gasteiger partial charge in [-0.25, -0.2) is 0 Å². The Bertz CT molecular complexity index is 492. The standard InChI is InChI=1S/C15H20N2O4/c1-2-17(8-9-18)15(20)14-13(16-12(19)10-21-14)11-6-4-3-5-7-11/h3-7,13-14,18H,2,8-10H2,1H3,(H,16,19)/t13-,14+/m1/s1. The van der Waals surface area contributed by atoms with Gasteiger partial charge in [0.05, 0.1) is 12.6 Å². The van der Waals surface area contributed by atoms with Gasteiger partial charge in [-0.05, 0) is 12.5 Å². The summed E-state index contributed by atoms with van der Waals surface area (Å²) < 4.78 is 5.46. The highest BCUT2D eigenvalue weighted by Gasteiger charge is 2.37. The fourth-order valence-corrected chi connectivity index (χ4v) is 2.41. The number of carbonyl (C=O) groups excluding carboxylic acids is 2. The molecule has 0 aliphatic carbocycles. The molecule has 6 nitrogen and oxygen atoms in total. The fraction of sp³-hybridized carbons (Fsp3) is 0.467. The van der Waals surface area contributed by atoms with Crippen molar-refractivity contribution in [2.75, 3.05) is 26.3 Å². The molecule has 1 saturated heterocycles. The third kappa shape index (κ3) is 3.59. The summed E-state index contributed by atoms with van der Waals surface area (Å²) >= 11 is 0. The predicted molar refractivity (Wildman–Crippen MR) is 76.4 cm³/mol. The molecule has 1 heterocycles. The van der Waals surface area contributed by atoms with E-state index in [-0.39, 0.29) is 31.6 Å². The van der Waals surface area contributed by atoms with Crippen LogP contribution < -0.4 is 5.32 Å². The van der Waals surface area contributed by atoms with E-state index < -0.39 is 12.1 Å².